The van der Waals surface area contributed by atoms with Crippen LogP contribution in [0.25, 0.3) is 0 Å². The van der Waals surface area contributed by atoms with Crippen LogP contribution in [0.3, 0.4) is 0 Å². The van der Waals surface area contributed by atoms with Crippen LogP contribution in [-0.2, 0) is 60.5 Å². The number of aryl methyl sites for hydroxylation is 2. The zero-order valence-corrected chi connectivity index (χ0v) is 19.3. The molecule has 2 rings (SSSR count). The maximum atomic E-state index is 10.7. The van der Waals surface area contributed by atoms with Crippen molar-refractivity contribution in [3.05, 3.63) is 79.9 Å². The van der Waals surface area contributed by atoms with E-state index < -0.39 is 14.6 Å². The van der Waals surface area contributed by atoms with Crippen LogP contribution >= 0.6 is 0 Å². The second-order valence-corrected chi connectivity index (χ2v) is 7.59. The van der Waals surface area contributed by atoms with Gasteiger partial charge in [0, 0.05) is 46.6 Å². The largest absolute Gasteiger partial charge is 0.800 e. The summed E-state index contributed by atoms with van der Waals surface area (Å²) in [7, 11) is 0. The summed E-state index contributed by atoms with van der Waals surface area (Å²) >= 11 is 10.5. The SMILES string of the molecule is O=[N+]([O-])c1ccc(CCCN(CCCc2ccc([N+](=O)[O-])cc2)C([S-])[S-])cc1.[Au]. The Bertz CT molecular complexity index is 726. The zero-order valence-electron chi connectivity index (χ0n) is 15.5. The van der Waals surface area contributed by atoms with E-state index in [9.17, 15) is 20.2 Å². The van der Waals surface area contributed by atoms with Gasteiger partial charge >= 0.3 is 0 Å². The average Bonchev–Trinajstić information content (AvgIpc) is 2.67. The molecule has 1 radical (unpaired) electrons. The molecule has 2 aromatic carbocycles. The van der Waals surface area contributed by atoms with Crippen molar-refractivity contribution < 1.29 is 32.2 Å². The Morgan fingerprint density at radius 3 is 1.38 bits per heavy atom. The van der Waals surface area contributed by atoms with Crippen molar-refractivity contribution >= 4 is 36.6 Å². The summed E-state index contributed by atoms with van der Waals surface area (Å²) < 4.78 is -0.395. The monoisotopic (exact) mass is 616 g/mol. The van der Waals surface area contributed by atoms with Crippen LogP contribution < -0.4 is 0 Å². The van der Waals surface area contributed by atoms with Gasteiger partial charge in [-0.2, -0.15) is 0 Å². The Kier molecular flexibility index (Phi) is 11.6. The predicted molar refractivity (Wildman–Crippen MR) is 113 cm³/mol. The van der Waals surface area contributed by atoms with Crippen molar-refractivity contribution in [3.63, 3.8) is 0 Å². The van der Waals surface area contributed by atoms with Gasteiger partial charge in [0.15, 0.2) is 0 Å². The Morgan fingerprint density at radius 1 is 0.759 bits per heavy atom. The molecule has 0 saturated carbocycles. The van der Waals surface area contributed by atoms with Gasteiger partial charge in [-0.1, -0.05) is 24.3 Å². The van der Waals surface area contributed by atoms with Crippen LogP contribution in [0.1, 0.15) is 24.0 Å². The van der Waals surface area contributed by atoms with Crippen LogP contribution in [0, 0.1) is 20.2 Å². The molecule has 0 N–H and O–H groups in total. The van der Waals surface area contributed by atoms with Crippen LogP contribution in [0.2, 0.25) is 0 Å². The van der Waals surface area contributed by atoms with E-state index in [1.807, 2.05) is 0 Å². The molecular weight excluding hydrogens is 595 g/mol. The molecule has 7 nitrogen and oxygen atoms in total. The molecule has 29 heavy (non-hydrogen) atoms. The summed E-state index contributed by atoms with van der Waals surface area (Å²) in [6.07, 6.45) is 3.32. The number of nitrogens with zero attached hydrogens (tertiary/aromatic N) is 3. The van der Waals surface area contributed by atoms with Crippen molar-refractivity contribution in [2.45, 2.75) is 30.4 Å². The molecular formula is C19H21AuN3O4S2-2. The molecule has 0 aliphatic rings. The Hall–Kier alpha value is -1.36. The molecule has 10 heteroatoms. The number of benzene rings is 2. The molecule has 0 atom stereocenters. The minimum absolute atomic E-state index is 0. The van der Waals surface area contributed by atoms with Gasteiger partial charge in [0.2, 0.25) is 0 Å². The molecule has 0 amide bonds. The van der Waals surface area contributed by atoms with E-state index in [1.165, 1.54) is 24.3 Å². The molecule has 0 aliphatic carbocycles. The van der Waals surface area contributed by atoms with E-state index in [0.29, 0.717) is 0 Å². The Morgan fingerprint density at radius 2 is 1.10 bits per heavy atom. The predicted octanol–water partition coefficient (Wildman–Crippen LogP) is 3.75. The average molecular weight is 616 g/mol. The normalized spacial score (nSPS) is 10.8. The molecule has 0 saturated heterocycles. The van der Waals surface area contributed by atoms with Crippen LogP contribution in [0.15, 0.2) is 48.5 Å². The molecule has 0 bridgehead atoms. The van der Waals surface area contributed by atoms with Gasteiger partial charge in [-0.15, -0.1) is 0 Å². The first-order chi connectivity index (χ1) is 13.4. The summed E-state index contributed by atoms with van der Waals surface area (Å²) in [5.74, 6) is 0. The van der Waals surface area contributed by atoms with E-state index in [1.54, 1.807) is 24.3 Å². The van der Waals surface area contributed by atoms with E-state index in [0.717, 1.165) is 49.9 Å². The molecule has 0 heterocycles. The summed E-state index contributed by atoms with van der Waals surface area (Å²) in [6.45, 7) is 1.52. The second kappa shape index (κ2) is 13.0. The van der Waals surface area contributed by atoms with Gasteiger partial charge < -0.3 is 30.2 Å². The number of non-ortho nitro benzene ring substituents is 2. The van der Waals surface area contributed by atoms with E-state index >= 15 is 0 Å². The molecule has 0 aromatic heterocycles. The first-order valence-corrected chi connectivity index (χ1v) is 9.83. The van der Waals surface area contributed by atoms with Gasteiger partial charge in [-0.3, -0.25) is 20.2 Å². The van der Waals surface area contributed by atoms with Crippen LogP contribution in [-0.4, -0.2) is 32.5 Å². The zero-order chi connectivity index (χ0) is 20.5. The van der Waals surface area contributed by atoms with Crippen LogP contribution in [0.4, 0.5) is 11.4 Å². The van der Waals surface area contributed by atoms with Gasteiger partial charge in [-0.25, -0.2) is 4.71 Å². The quantitative estimate of drug-likeness (QED) is 0.165. The van der Waals surface area contributed by atoms with E-state index in [-0.39, 0.29) is 33.8 Å². The smallest absolute Gasteiger partial charge is 0.269 e. The molecule has 0 unspecified atom stereocenters. The third-order valence-corrected chi connectivity index (χ3v) is 5.01. The van der Waals surface area contributed by atoms with Crippen LogP contribution in [0.5, 0.6) is 0 Å². The topological polar surface area (TPSA) is 89.5 Å². The van der Waals surface area contributed by atoms with Crippen molar-refractivity contribution in [3.8, 4) is 0 Å². The van der Waals surface area contributed by atoms with E-state index in [2.05, 4.69) is 4.90 Å². The minimum Gasteiger partial charge on any atom is -0.800 e. The summed E-state index contributed by atoms with van der Waals surface area (Å²) in [4.78, 5) is 22.6. The van der Waals surface area contributed by atoms with Crippen molar-refractivity contribution in [1.29, 1.82) is 0 Å². The van der Waals surface area contributed by atoms with Crippen molar-refractivity contribution in [2.75, 3.05) is 13.1 Å². The second-order valence-electron chi connectivity index (χ2n) is 6.40. The molecule has 0 spiro atoms. The van der Waals surface area contributed by atoms with Crippen molar-refractivity contribution in [1.82, 2.24) is 4.90 Å². The number of nitro benzene ring substituents is 2. The number of hydrogen-bond acceptors (Lipinski definition) is 7. The third-order valence-electron chi connectivity index (χ3n) is 4.41. The number of nitro groups is 2. The number of rotatable bonds is 11. The molecule has 0 fully saturated rings. The van der Waals surface area contributed by atoms with Gasteiger partial charge in [0.25, 0.3) is 11.4 Å². The summed E-state index contributed by atoms with van der Waals surface area (Å²) in [6, 6.07) is 13.2. The molecule has 161 valence electrons. The Labute approximate surface area is 196 Å². The first-order valence-electron chi connectivity index (χ1n) is 8.89. The van der Waals surface area contributed by atoms with E-state index in [4.69, 9.17) is 25.3 Å². The molecule has 0 aliphatic heterocycles. The van der Waals surface area contributed by atoms with Gasteiger partial charge in [0.1, 0.15) is 0 Å². The minimum atomic E-state index is -0.407. The number of hydrogen-bond donors (Lipinski definition) is 0. The molecule has 2 aromatic rings. The van der Waals surface area contributed by atoms with Gasteiger partial charge in [-0.05, 0) is 49.9 Å². The summed E-state index contributed by atoms with van der Waals surface area (Å²) in [5, 5.41) is 21.4. The Balaban J connectivity index is 0.00000420. The maximum Gasteiger partial charge on any atom is 0.269 e. The standard InChI is InChI=1S/C19H23N3O4S2.Au/c23-21(24)17-9-5-15(6-10-17)3-1-13-20(19(27)28)14-2-4-16-7-11-18(12-8-16)22(25)26;/h5-12,19,27-28H,1-4,13-14H2;/p-2. The van der Waals surface area contributed by atoms with Gasteiger partial charge in [0.05, 0.1) is 9.85 Å². The maximum absolute atomic E-state index is 10.7. The fraction of sp³-hybridized carbons (Fsp3) is 0.368. The fourth-order valence-corrected chi connectivity index (χ4v) is 3.29. The third kappa shape index (κ3) is 8.90. The van der Waals surface area contributed by atoms with Crippen molar-refractivity contribution in [2.24, 2.45) is 0 Å². The first kappa shape index (κ1) is 25.7. The summed E-state index contributed by atoms with van der Waals surface area (Å²) in [5.41, 5.74) is 2.27. The fourth-order valence-electron chi connectivity index (χ4n) is 2.86.